The van der Waals surface area contributed by atoms with Gasteiger partial charge >= 0.3 is 0 Å². The zero-order valence-electron chi connectivity index (χ0n) is 18.3. The molecule has 0 radical (unpaired) electrons. The first-order valence-corrected chi connectivity index (χ1v) is 10.6. The lowest BCUT2D eigenvalue weighted by Gasteiger charge is -2.11. The van der Waals surface area contributed by atoms with Crippen LogP contribution in [0.15, 0.2) is 72.8 Å². The molecule has 1 heterocycles. The first kappa shape index (κ1) is 21.3. The van der Waals surface area contributed by atoms with E-state index in [0.717, 1.165) is 33.7 Å². The largest absolute Gasteiger partial charge is 0.352 e. The highest BCUT2D eigenvalue weighted by Crippen LogP contribution is 2.17. The van der Waals surface area contributed by atoms with Gasteiger partial charge in [0.25, 0.3) is 5.91 Å². The molecule has 4 aromatic rings. The average molecular weight is 427 g/mol. The molecule has 0 bridgehead atoms. The van der Waals surface area contributed by atoms with E-state index < -0.39 is 0 Å². The molecule has 0 saturated carbocycles. The number of rotatable bonds is 7. The van der Waals surface area contributed by atoms with Crippen molar-refractivity contribution in [2.75, 3.05) is 11.9 Å². The maximum absolute atomic E-state index is 12.7. The summed E-state index contributed by atoms with van der Waals surface area (Å²) in [6.45, 7) is 4.54. The molecular formula is C26H26N4O2. The van der Waals surface area contributed by atoms with Crippen LogP contribution in [0.5, 0.6) is 0 Å². The van der Waals surface area contributed by atoms with Crippen LogP contribution in [0.2, 0.25) is 0 Å². The molecule has 6 nitrogen and oxygen atoms in total. The highest BCUT2D eigenvalue weighted by atomic mass is 16.2. The van der Waals surface area contributed by atoms with Crippen molar-refractivity contribution in [3.8, 4) is 0 Å². The number of hydrogen-bond acceptors (Lipinski definition) is 3. The Hall–Kier alpha value is -3.93. The summed E-state index contributed by atoms with van der Waals surface area (Å²) in [5.41, 5.74) is 5.30. The van der Waals surface area contributed by atoms with Gasteiger partial charge in [-0.2, -0.15) is 0 Å². The van der Waals surface area contributed by atoms with Crippen LogP contribution in [0.1, 0.15) is 27.3 Å². The van der Waals surface area contributed by atoms with E-state index in [2.05, 4.69) is 10.6 Å². The van der Waals surface area contributed by atoms with Crippen LogP contribution in [-0.4, -0.2) is 27.9 Å². The predicted molar refractivity (Wildman–Crippen MR) is 127 cm³/mol. The number of anilines is 1. The standard InChI is InChI=1S/C26H26N4O2/c1-18-10-12-21(13-11-18)28-25(31)17-30-23-9-4-3-8-22(23)29-24(30)14-15-27-26(32)20-7-5-6-19(2)16-20/h3-13,16H,14-15,17H2,1-2H3,(H,27,32)(H,28,31). The summed E-state index contributed by atoms with van der Waals surface area (Å²) >= 11 is 0. The fourth-order valence-corrected chi connectivity index (χ4v) is 3.65. The van der Waals surface area contributed by atoms with E-state index in [4.69, 9.17) is 4.98 Å². The van der Waals surface area contributed by atoms with Gasteiger partial charge in [0.05, 0.1) is 11.0 Å². The number of amides is 2. The fraction of sp³-hybridized carbons (Fsp3) is 0.192. The third kappa shape index (κ3) is 5.03. The Balaban J connectivity index is 1.46. The van der Waals surface area contributed by atoms with E-state index in [0.29, 0.717) is 18.5 Å². The second-order valence-corrected chi connectivity index (χ2v) is 7.89. The minimum atomic E-state index is -0.123. The Morgan fingerprint density at radius 2 is 1.69 bits per heavy atom. The number of aromatic nitrogens is 2. The van der Waals surface area contributed by atoms with Crippen molar-refractivity contribution in [3.05, 3.63) is 95.3 Å². The molecule has 32 heavy (non-hydrogen) atoms. The molecule has 0 atom stereocenters. The summed E-state index contributed by atoms with van der Waals surface area (Å²) in [6.07, 6.45) is 0.518. The number of hydrogen-bond donors (Lipinski definition) is 2. The topological polar surface area (TPSA) is 76.0 Å². The molecular weight excluding hydrogens is 400 g/mol. The lowest BCUT2D eigenvalue weighted by molar-refractivity contribution is -0.116. The van der Waals surface area contributed by atoms with Gasteiger partial charge in [-0.05, 0) is 50.2 Å². The first-order valence-electron chi connectivity index (χ1n) is 10.6. The highest BCUT2D eigenvalue weighted by Gasteiger charge is 2.14. The summed E-state index contributed by atoms with van der Waals surface area (Å²) in [7, 11) is 0. The third-order valence-corrected chi connectivity index (χ3v) is 5.29. The summed E-state index contributed by atoms with van der Waals surface area (Å²) in [5, 5.41) is 5.89. The molecule has 3 aromatic carbocycles. The Morgan fingerprint density at radius 1 is 0.906 bits per heavy atom. The van der Waals surface area contributed by atoms with Crippen LogP contribution >= 0.6 is 0 Å². The number of imidazole rings is 1. The maximum atomic E-state index is 12.7. The summed E-state index contributed by atoms with van der Waals surface area (Å²) in [5.74, 6) is 0.519. The fourth-order valence-electron chi connectivity index (χ4n) is 3.65. The Bertz CT molecular complexity index is 1260. The second kappa shape index (κ2) is 9.47. The number of para-hydroxylation sites is 2. The maximum Gasteiger partial charge on any atom is 0.251 e. The number of carbonyl (C=O) groups is 2. The van der Waals surface area contributed by atoms with Crippen molar-refractivity contribution in [3.63, 3.8) is 0 Å². The van der Waals surface area contributed by atoms with Crippen LogP contribution < -0.4 is 10.6 Å². The van der Waals surface area contributed by atoms with Gasteiger partial charge in [0.1, 0.15) is 12.4 Å². The van der Waals surface area contributed by atoms with Crippen molar-refractivity contribution < 1.29 is 9.59 Å². The summed E-state index contributed by atoms with van der Waals surface area (Å²) in [6, 6.07) is 22.9. The minimum absolute atomic E-state index is 0.117. The van der Waals surface area contributed by atoms with E-state index in [-0.39, 0.29) is 18.4 Å². The smallest absolute Gasteiger partial charge is 0.251 e. The summed E-state index contributed by atoms with van der Waals surface area (Å²) < 4.78 is 1.91. The molecule has 1 aromatic heterocycles. The van der Waals surface area contributed by atoms with Gasteiger partial charge in [0.2, 0.25) is 5.91 Å². The number of nitrogens with one attached hydrogen (secondary N) is 2. The molecule has 2 N–H and O–H groups in total. The number of benzene rings is 3. The minimum Gasteiger partial charge on any atom is -0.352 e. The van der Waals surface area contributed by atoms with Crippen molar-refractivity contribution >= 4 is 28.5 Å². The Morgan fingerprint density at radius 3 is 2.47 bits per heavy atom. The Labute approximate surface area is 187 Å². The lowest BCUT2D eigenvalue weighted by atomic mass is 10.1. The van der Waals surface area contributed by atoms with Crippen LogP contribution in [0.25, 0.3) is 11.0 Å². The van der Waals surface area contributed by atoms with E-state index in [1.165, 1.54) is 0 Å². The molecule has 2 amide bonds. The summed E-state index contributed by atoms with van der Waals surface area (Å²) in [4.78, 5) is 29.9. The van der Waals surface area contributed by atoms with Gasteiger partial charge in [-0.1, -0.05) is 47.5 Å². The molecule has 0 fully saturated rings. The zero-order chi connectivity index (χ0) is 22.5. The number of aryl methyl sites for hydroxylation is 2. The number of carbonyl (C=O) groups excluding carboxylic acids is 2. The number of fused-ring (bicyclic) bond motifs is 1. The SMILES string of the molecule is Cc1ccc(NC(=O)Cn2c(CCNC(=O)c3cccc(C)c3)nc3ccccc32)cc1. The van der Waals surface area contributed by atoms with Crippen LogP contribution in [-0.2, 0) is 17.8 Å². The second-order valence-electron chi connectivity index (χ2n) is 7.89. The van der Waals surface area contributed by atoms with Crippen LogP contribution in [0.3, 0.4) is 0 Å². The molecule has 0 aliphatic heterocycles. The number of nitrogens with zero attached hydrogens (tertiary/aromatic N) is 2. The van der Waals surface area contributed by atoms with Gasteiger partial charge < -0.3 is 15.2 Å². The van der Waals surface area contributed by atoms with Crippen molar-refractivity contribution in [1.29, 1.82) is 0 Å². The molecule has 0 aliphatic rings. The molecule has 4 rings (SSSR count). The van der Waals surface area contributed by atoms with Crippen LogP contribution in [0.4, 0.5) is 5.69 Å². The van der Waals surface area contributed by atoms with E-state index >= 15 is 0 Å². The van der Waals surface area contributed by atoms with Crippen LogP contribution in [0, 0.1) is 13.8 Å². The monoisotopic (exact) mass is 426 g/mol. The quantitative estimate of drug-likeness (QED) is 0.464. The van der Waals surface area contributed by atoms with E-state index in [1.807, 2.05) is 85.1 Å². The normalized spacial score (nSPS) is 10.8. The zero-order valence-corrected chi connectivity index (χ0v) is 18.3. The highest BCUT2D eigenvalue weighted by molar-refractivity contribution is 5.94. The van der Waals surface area contributed by atoms with E-state index in [9.17, 15) is 9.59 Å². The van der Waals surface area contributed by atoms with Crippen molar-refractivity contribution in [2.24, 2.45) is 0 Å². The Kier molecular flexibility index (Phi) is 6.31. The first-order chi connectivity index (χ1) is 15.5. The lowest BCUT2D eigenvalue weighted by Crippen LogP contribution is -2.27. The van der Waals surface area contributed by atoms with Gasteiger partial charge in [-0.15, -0.1) is 0 Å². The van der Waals surface area contributed by atoms with Crippen molar-refractivity contribution in [2.45, 2.75) is 26.8 Å². The molecule has 0 saturated heterocycles. The van der Waals surface area contributed by atoms with Gasteiger partial charge in [0, 0.05) is 24.2 Å². The van der Waals surface area contributed by atoms with Crippen molar-refractivity contribution in [1.82, 2.24) is 14.9 Å². The molecule has 6 heteroatoms. The third-order valence-electron chi connectivity index (χ3n) is 5.29. The average Bonchev–Trinajstić information content (AvgIpc) is 3.12. The van der Waals surface area contributed by atoms with Gasteiger partial charge in [-0.25, -0.2) is 4.98 Å². The molecule has 162 valence electrons. The van der Waals surface area contributed by atoms with E-state index in [1.54, 1.807) is 6.07 Å². The molecule has 0 spiro atoms. The molecule has 0 aliphatic carbocycles. The predicted octanol–water partition coefficient (Wildman–Crippen LogP) is 4.26. The van der Waals surface area contributed by atoms with Gasteiger partial charge in [0.15, 0.2) is 0 Å². The van der Waals surface area contributed by atoms with Gasteiger partial charge in [-0.3, -0.25) is 9.59 Å². The molecule has 0 unspecified atom stereocenters.